The summed E-state index contributed by atoms with van der Waals surface area (Å²) in [5.74, 6) is -0.766. The van der Waals surface area contributed by atoms with Crippen LogP contribution in [0.15, 0.2) is 0 Å². The fourth-order valence-electron chi connectivity index (χ4n) is 0.785. The minimum absolute atomic E-state index is 0.0408. The van der Waals surface area contributed by atoms with Crippen LogP contribution in [0, 0.1) is 0 Å². The molecule has 4 nitrogen and oxygen atoms in total. The van der Waals surface area contributed by atoms with Crippen molar-refractivity contribution in [2.24, 2.45) is 5.73 Å². The highest BCUT2D eigenvalue weighted by Crippen LogP contribution is 1.89. The van der Waals surface area contributed by atoms with Gasteiger partial charge in [0.1, 0.15) is 0 Å². The van der Waals surface area contributed by atoms with Crippen LogP contribution in [0.2, 0.25) is 0 Å². The maximum absolute atomic E-state index is 10.2. The fourth-order valence-corrected chi connectivity index (χ4v) is 0.785. The normalized spacial score (nSPS) is 12.9. The van der Waals surface area contributed by atoms with Crippen molar-refractivity contribution >= 4 is 5.97 Å². The Kier molecular flexibility index (Phi) is 5.78. The fraction of sp³-hybridized carbons (Fsp3) is 0.857. The van der Waals surface area contributed by atoms with Gasteiger partial charge in [0, 0.05) is 6.04 Å². The Bertz CT molecular complexity index is 117. The molecule has 0 aliphatic heterocycles. The quantitative estimate of drug-likeness (QED) is 0.470. The molecule has 1 atom stereocenters. The topological polar surface area (TPSA) is 75.3 Å². The summed E-state index contributed by atoms with van der Waals surface area (Å²) in [5, 5.41) is 11.4. The minimum Gasteiger partial charge on any atom is -0.481 e. The van der Waals surface area contributed by atoms with Gasteiger partial charge in [-0.2, -0.15) is 0 Å². The van der Waals surface area contributed by atoms with E-state index in [0.29, 0.717) is 6.54 Å². The first-order chi connectivity index (χ1) is 5.16. The molecular formula is C7H16N2O2. The van der Waals surface area contributed by atoms with Crippen molar-refractivity contribution in [1.29, 1.82) is 0 Å². The zero-order chi connectivity index (χ0) is 8.69. The van der Waals surface area contributed by atoms with Crippen LogP contribution in [0.1, 0.15) is 19.8 Å². The van der Waals surface area contributed by atoms with Gasteiger partial charge in [-0.05, 0) is 26.4 Å². The molecule has 0 aliphatic carbocycles. The van der Waals surface area contributed by atoms with Crippen molar-refractivity contribution in [2.45, 2.75) is 25.8 Å². The summed E-state index contributed by atoms with van der Waals surface area (Å²) >= 11 is 0. The van der Waals surface area contributed by atoms with E-state index in [1.54, 1.807) is 0 Å². The van der Waals surface area contributed by atoms with E-state index >= 15 is 0 Å². The molecule has 0 radical (unpaired) electrons. The van der Waals surface area contributed by atoms with Crippen LogP contribution in [0.25, 0.3) is 0 Å². The van der Waals surface area contributed by atoms with Gasteiger partial charge in [0.2, 0.25) is 0 Å². The average molecular weight is 160 g/mol. The van der Waals surface area contributed by atoms with Gasteiger partial charge in [-0.15, -0.1) is 0 Å². The smallest absolute Gasteiger partial charge is 0.304 e. The van der Waals surface area contributed by atoms with E-state index in [-0.39, 0.29) is 12.5 Å². The summed E-state index contributed by atoms with van der Waals surface area (Å²) in [6.45, 7) is 3.29. The maximum Gasteiger partial charge on any atom is 0.304 e. The summed E-state index contributed by atoms with van der Waals surface area (Å²) in [6, 6.07) is 0.0408. The van der Waals surface area contributed by atoms with Crippen LogP contribution >= 0.6 is 0 Å². The molecule has 0 amide bonds. The molecule has 0 fully saturated rings. The van der Waals surface area contributed by atoms with E-state index in [9.17, 15) is 4.79 Å². The van der Waals surface area contributed by atoms with Gasteiger partial charge in [-0.1, -0.05) is 0 Å². The first-order valence-electron chi connectivity index (χ1n) is 3.82. The summed E-state index contributed by atoms with van der Waals surface area (Å²) in [7, 11) is 0. The van der Waals surface area contributed by atoms with Crippen LogP contribution in [-0.4, -0.2) is 30.2 Å². The van der Waals surface area contributed by atoms with E-state index in [0.717, 1.165) is 13.0 Å². The second-order valence-corrected chi connectivity index (χ2v) is 2.60. The summed E-state index contributed by atoms with van der Waals surface area (Å²) in [6.07, 6.45) is 1.06. The van der Waals surface area contributed by atoms with Crippen molar-refractivity contribution in [3.05, 3.63) is 0 Å². The van der Waals surface area contributed by atoms with Crippen molar-refractivity contribution < 1.29 is 9.90 Å². The molecule has 0 aliphatic rings. The monoisotopic (exact) mass is 160 g/mol. The highest BCUT2D eigenvalue weighted by atomic mass is 16.4. The Morgan fingerprint density at radius 3 is 2.82 bits per heavy atom. The zero-order valence-corrected chi connectivity index (χ0v) is 6.84. The Hall–Kier alpha value is -0.610. The van der Waals surface area contributed by atoms with Crippen molar-refractivity contribution in [3.63, 3.8) is 0 Å². The number of rotatable bonds is 6. The Balaban J connectivity index is 3.22. The van der Waals surface area contributed by atoms with E-state index in [1.807, 2.05) is 6.92 Å². The molecule has 66 valence electrons. The van der Waals surface area contributed by atoms with E-state index in [1.165, 1.54) is 0 Å². The SMILES string of the molecule is CC(CC(=O)O)NCCCN. The lowest BCUT2D eigenvalue weighted by Crippen LogP contribution is -2.30. The van der Waals surface area contributed by atoms with E-state index in [4.69, 9.17) is 10.8 Å². The minimum atomic E-state index is -0.766. The molecule has 0 aromatic carbocycles. The molecule has 0 rings (SSSR count). The third kappa shape index (κ3) is 7.29. The van der Waals surface area contributed by atoms with Gasteiger partial charge >= 0.3 is 5.97 Å². The number of carboxylic acids is 1. The third-order valence-corrected chi connectivity index (χ3v) is 1.35. The number of hydrogen-bond acceptors (Lipinski definition) is 3. The summed E-state index contributed by atoms with van der Waals surface area (Å²) in [4.78, 5) is 10.2. The molecule has 0 spiro atoms. The highest BCUT2D eigenvalue weighted by molar-refractivity contribution is 5.67. The van der Waals surface area contributed by atoms with Crippen LogP contribution in [0.5, 0.6) is 0 Å². The van der Waals surface area contributed by atoms with Crippen LogP contribution < -0.4 is 11.1 Å². The van der Waals surface area contributed by atoms with Gasteiger partial charge in [0.25, 0.3) is 0 Å². The van der Waals surface area contributed by atoms with Gasteiger partial charge in [0.15, 0.2) is 0 Å². The first kappa shape index (κ1) is 10.4. The predicted octanol–water partition coefficient (Wildman–Crippen LogP) is -0.212. The Morgan fingerprint density at radius 1 is 1.73 bits per heavy atom. The lowest BCUT2D eigenvalue weighted by Gasteiger charge is -2.09. The van der Waals surface area contributed by atoms with Crippen molar-refractivity contribution in [2.75, 3.05) is 13.1 Å². The molecule has 0 bridgehead atoms. The molecular weight excluding hydrogens is 144 g/mol. The van der Waals surface area contributed by atoms with Gasteiger partial charge in [0.05, 0.1) is 6.42 Å². The number of aliphatic carboxylic acids is 1. The van der Waals surface area contributed by atoms with E-state index in [2.05, 4.69) is 5.32 Å². The van der Waals surface area contributed by atoms with Crippen LogP contribution in [0.3, 0.4) is 0 Å². The number of carboxylic acid groups (broad SMARTS) is 1. The maximum atomic E-state index is 10.2. The number of nitrogens with one attached hydrogen (secondary N) is 1. The van der Waals surface area contributed by atoms with Crippen LogP contribution in [0.4, 0.5) is 0 Å². The Morgan fingerprint density at radius 2 is 2.36 bits per heavy atom. The average Bonchev–Trinajstić information content (AvgIpc) is 1.86. The molecule has 11 heavy (non-hydrogen) atoms. The summed E-state index contributed by atoms with van der Waals surface area (Å²) < 4.78 is 0. The first-order valence-corrected chi connectivity index (χ1v) is 3.82. The number of carbonyl (C=O) groups is 1. The molecule has 0 aromatic heterocycles. The zero-order valence-electron chi connectivity index (χ0n) is 6.84. The van der Waals surface area contributed by atoms with Crippen molar-refractivity contribution in [3.8, 4) is 0 Å². The lowest BCUT2D eigenvalue weighted by molar-refractivity contribution is -0.137. The molecule has 0 aromatic rings. The molecule has 0 saturated heterocycles. The number of hydrogen-bond donors (Lipinski definition) is 3. The van der Waals surface area contributed by atoms with Gasteiger partial charge < -0.3 is 16.2 Å². The lowest BCUT2D eigenvalue weighted by atomic mass is 10.2. The van der Waals surface area contributed by atoms with E-state index < -0.39 is 5.97 Å². The molecule has 4 N–H and O–H groups in total. The van der Waals surface area contributed by atoms with Gasteiger partial charge in [-0.3, -0.25) is 4.79 Å². The molecule has 4 heteroatoms. The predicted molar refractivity (Wildman–Crippen MR) is 43.4 cm³/mol. The summed E-state index contributed by atoms with van der Waals surface area (Å²) in [5.41, 5.74) is 5.26. The standard InChI is InChI=1S/C7H16N2O2/c1-6(5-7(10)11)9-4-2-3-8/h6,9H,2-5,8H2,1H3,(H,10,11). The second-order valence-electron chi connectivity index (χ2n) is 2.60. The third-order valence-electron chi connectivity index (χ3n) is 1.35. The Labute approximate surface area is 66.8 Å². The largest absolute Gasteiger partial charge is 0.481 e. The highest BCUT2D eigenvalue weighted by Gasteiger charge is 2.04. The molecule has 0 saturated carbocycles. The second kappa shape index (κ2) is 6.12. The van der Waals surface area contributed by atoms with Crippen LogP contribution in [-0.2, 0) is 4.79 Å². The van der Waals surface area contributed by atoms with Crippen molar-refractivity contribution in [1.82, 2.24) is 5.32 Å². The molecule has 0 heterocycles. The molecule has 1 unspecified atom stereocenters. The number of nitrogens with two attached hydrogens (primary N) is 1. The van der Waals surface area contributed by atoms with Gasteiger partial charge in [-0.25, -0.2) is 0 Å².